The summed E-state index contributed by atoms with van der Waals surface area (Å²) < 4.78 is 5.52. The van der Waals surface area contributed by atoms with Gasteiger partial charge in [0.2, 0.25) is 0 Å². The van der Waals surface area contributed by atoms with E-state index in [9.17, 15) is 4.79 Å². The molecular weight excluding hydrogens is 238 g/mol. The summed E-state index contributed by atoms with van der Waals surface area (Å²) in [5, 5.41) is 3.35. The number of hydrogen-bond acceptors (Lipinski definition) is 3. The first kappa shape index (κ1) is 14.1. The molecule has 1 N–H and O–H groups in total. The van der Waals surface area contributed by atoms with Crippen molar-refractivity contribution in [2.75, 3.05) is 19.7 Å². The zero-order valence-corrected chi connectivity index (χ0v) is 11.7. The molecule has 1 aromatic carbocycles. The van der Waals surface area contributed by atoms with Crippen LogP contribution in [0.2, 0.25) is 0 Å². The molecule has 19 heavy (non-hydrogen) atoms. The van der Waals surface area contributed by atoms with Crippen molar-refractivity contribution in [1.29, 1.82) is 0 Å². The number of piperidine rings is 1. The highest BCUT2D eigenvalue weighted by Gasteiger charge is 2.17. The molecule has 0 aliphatic carbocycles. The molecule has 104 valence electrons. The summed E-state index contributed by atoms with van der Waals surface area (Å²) in [6.45, 7) is 4.72. The van der Waals surface area contributed by atoms with Crippen LogP contribution in [-0.2, 0) is 0 Å². The molecule has 0 radical (unpaired) electrons. The third kappa shape index (κ3) is 4.06. The number of carbonyl (C=O) groups is 1. The zero-order chi connectivity index (χ0) is 13.5. The minimum Gasteiger partial charge on any atom is -0.493 e. The largest absolute Gasteiger partial charge is 0.493 e. The molecule has 3 heteroatoms. The molecule has 1 fully saturated rings. The van der Waals surface area contributed by atoms with Gasteiger partial charge in [-0.25, -0.2) is 0 Å². The molecule has 0 atom stereocenters. The van der Waals surface area contributed by atoms with Gasteiger partial charge in [0.25, 0.3) is 0 Å². The van der Waals surface area contributed by atoms with E-state index in [4.69, 9.17) is 4.74 Å². The Hall–Kier alpha value is -1.35. The van der Waals surface area contributed by atoms with E-state index in [-0.39, 0.29) is 5.78 Å². The van der Waals surface area contributed by atoms with Crippen molar-refractivity contribution in [1.82, 2.24) is 5.32 Å². The molecule has 0 bridgehead atoms. The van der Waals surface area contributed by atoms with Crippen LogP contribution < -0.4 is 10.1 Å². The summed E-state index contributed by atoms with van der Waals surface area (Å²) >= 11 is 0. The zero-order valence-electron chi connectivity index (χ0n) is 11.7. The van der Waals surface area contributed by atoms with E-state index in [2.05, 4.69) is 5.32 Å². The monoisotopic (exact) mass is 261 g/mol. The Morgan fingerprint density at radius 2 is 2.05 bits per heavy atom. The topological polar surface area (TPSA) is 38.3 Å². The quantitative estimate of drug-likeness (QED) is 0.800. The highest BCUT2D eigenvalue weighted by Crippen LogP contribution is 2.23. The second-order valence-corrected chi connectivity index (χ2v) is 5.08. The van der Waals surface area contributed by atoms with Gasteiger partial charge in [-0.15, -0.1) is 0 Å². The summed E-state index contributed by atoms with van der Waals surface area (Å²) in [5.41, 5.74) is 0.735. The molecule has 1 aromatic rings. The van der Waals surface area contributed by atoms with Crippen LogP contribution in [0.1, 0.15) is 43.0 Å². The van der Waals surface area contributed by atoms with Crippen molar-refractivity contribution in [3.05, 3.63) is 29.8 Å². The van der Waals surface area contributed by atoms with Crippen molar-refractivity contribution < 1.29 is 9.53 Å². The van der Waals surface area contributed by atoms with Gasteiger partial charge in [0.15, 0.2) is 5.78 Å². The molecule has 1 saturated heterocycles. The molecule has 0 aromatic heterocycles. The van der Waals surface area contributed by atoms with Crippen molar-refractivity contribution in [2.45, 2.75) is 32.6 Å². The summed E-state index contributed by atoms with van der Waals surface area (Å²) in [5.74, 6) is 1.63. The van der Waals surface area contributed by atoms with Crippen LogP contribution in [0, 0.1) is 5.92 Å². The van der Waals surface area contributed by atoms with Crippen LogP contribution in [0.5, 0.6) is 5.75 Å². The smallest absolute Gasteiger partial charge is 0.166 e. The van der Waals surface area contributed by atoms with Crippen molar-refractivity contribution in [2.24, 2.45) is 5.92 Å². The number of para-hydroxylation sites is 1. The highest BCUT2D eigenvalue weighted by molar-refractivity contribution is 5.98. The second-order valence-electron chi connectivity index (χ2n) is 5.08. The Labute approximate surface area is 115 Å². The predicted molar refractivity (Wildman–Crippen MR) is 76.8 cm³/mol. The first-order valence-electron chi connectivity index (χ1n) is 7.27. The van der Waals surface area contributed by atoms with E-state index in [1.54, 1.807) is 0 Å². The lowest BCUT2D eigenvalue weighted by molar-refractivity contribution is 0.0967. The van der Waals surface area contributed by atoms with E-state index >= 15 is 0 Å². The summed E-state index contributed by atoms with van der Waals surface area (Å²) in [6, 6.07) is 7.56. The lowest BCUT2D eigenvalue weighted by atomic mass is 9.91. The van der Waals surface area contributed by atoms with E-state index in [0.717, 1.165) is 30.8 Å². The lowest BCUT2D eigenvalue weighted by Gasteiger charge is -2.22. The van der Waals surface area contributed by atoms with Gasteiger partial charge in [0.1, 0.15) is 5.75 Å². The maximum atomic E-state index is 12.3. The minimum atomic E-state index is 0.211. The number of benzene rings is 1. The summed E-state index contributed by atoms with van der Waals surface area (Å²) in [7, 11) is 0. The normalized spacial score (nSPS) is 16.3. The molecule has 0 spiro atoms. The van der Waals surface area contributed by atoms with Gasteiger partial charge < -0.3 is 10.1 Å². The van der Waals surface area contributed by atoms with E-state index in [1.165, 1.54) is 12.8 Å². The molecule has 2 rings (SSSR count). The van der Waals surface area contributed by atoms with Gasteiger partial charge in [0.05, 0.1) is 12.2 Å². The molecule has 1 aliphatic heterocycles. The van der Waals surface area contributed by atoms with Crippen LogP contribution in [0.3, 0.4) is 0 Å². The number of carbonyl (C=O) groups excluding carboxylic acids is 1. The Morgan fingerprint density at radius 3 is 2.79 bits per heavy atom. The second kappa shape index (κ2) is 7.29. The van der Waals surface area contributed by atoms with Gasteiger partial charge >= 0.3 is 0 Å². The van der Waals surface area contributed by atoms with Gasteiger partial charge in [-0.1, -0.05) is 12.1 Å². The van der Waals surface area contributed by atoms with Crippen LogP contribution in [-0.4, -0.2) is 25.5 Å². The highest BCUT2D eigenvalue weighted by atomic mass is 16.5. The van der Waals surface area contributed by atoms with E-state index in [0.29, 0.717) is 18.9 Å². The fraction of sp³-hybridized carbons (Fsp3) is 0.562. The number of nitrogens with one attached hydrogen (secondary N) is 1. The summed E-state index contributed by atoms with van der Waals surface area (Å²) in [6.07, 6.45) is 4.02. The molecule has 3 nitrogen and oxygen atoms in total. The Morgan fingerprint density at radius 1 is 1.32 bits per heavy atom. The average Bonchev–Trinajstić information content (AvgIpc) is 2.47. The molecule has 1 aliphatic rings. The van der Waals surface area contributed by atoms with Crippen LogP contribution in [0.15, 0.2) is 24.3 Å². The SMILES string of the molecule is CCOc1ccccc1C(=O)CCC1CCNCC1. The van der Waals surface area contributed by atoms with Gasteiger partial charge in [-0.2, -0.15) is 0 Å². The first-order chi connectivity index (χ1) is 9.31. The maximum absolute atomic E-state index is 12.3. The van der Waals surface area contributed by atoms with Crippen LogP contribution in [0.4, 0.5) is 0 Å². The Kier molecular flexibility index (Phi) is 5.40. The third-order valence-electron chi connectivity index (χ3n) is 3.73. The molecular formula is C16H23NO2. The third-order valence-corrected chi connectivity index (χ3v) is 3.73. The Bertz CT molecular complexity index is 411. The van der Waals surface area contributed by atoms with Crippen LogP contribution >= 0.6 is 0 Å². The van der Waals surface area contributed by atoms with Crippen molar-refractivity contribution in [3.8, 4) is 5.75 Å². The van der Waals surface area contributed by atoms with Gasteiger partial charge in [-0.05, 0) is 57.3 Å². The predicted octanol–water partition coefficient (Wildman–Crippen LogP) is 3.05. The van der Waals surface area contributed by atoms with Crippen molar-refractivity contribution in [3.63, 3.8) is 0 Å². The first-order valence-corrected chi connectivity index (χ1v) is 7.27. The van der Waals surface area contributed by atoms with E-state index < -0.39 is 0 Å². The number of ether oxygens (including phenoxy) is 1. The van der Waals surface area contributed by atoms with Gasteiger partial charge in [0, 0.05) is 6.42 Å². The Balaban J connectivity index is 1.91. The average molecular weight is 261 g/mol. The van der Waals surface area contributed by atoms with Crippen LogP contribution in [0.25, 0.3) is 0 Å². The minimum absolute atomic E-state index is 0.211. The number of ketones is 1. The standard InChI is InChI=1S/C16H23NO2/c1-2-19-16-6-4-3-5-14(16)15(18)8-7-13-9-11-17-12-10-13/h3-6,13,17H,2,7-12H2,1H3. The van der Waals surface area contributed by atoms with Crippen molar-refractivity contribution >= 4 is 5.78 Å². The number of Topliss-reactive ketones (excluding diaryl/α,β-unsaturated/α-hetero) is 1. The molecule has 0 amide bonds. The fourth-order valence-electron chi connectivity index (χ4n) is 2.62. The lowest BCUT2D eigenvalue weighted by Crippen LogP contribution is -2.28. The fourth-order valence-corrected chi connectivity index (χ4v) is 2.62. The number of hydrogen-bond donors (Lipinski definition) is 1. The van der Waals surface area contributed by atoms with E-state index in [1.807, 2.05) is 31.2 Å². The number of rotatable bonds is 6. The molecule has 0 unspecified atom stereocenters. The molecule has 0 saturated carbocycles. The maximum Gasteiger partial charge on any atom is 0.166 e. The molecule has 1 heterocycles. The van der Waals surface area contributed by atoms with Gasteiger partial charge in [-0.3, -0.25) is 4.79 Å². The summed E-state index contributed by atoms with van der Waals surface area (Å²) in [4.78, 5) is 12.3.